The number of ether oxygens (including phenoxy) is 1. The van der Waals surface area contributed by atoms with Crippen molar-refractivity contribution in [1.82, 2.24) is 4.90 Å². The van der Waals surface area contributed by atoms with Crippen LogP contribution in [0.15, 0.2) is 30.3 Å². The number of nitrogens with zero attached hydrogens (tertiary/aromatic N) is 1. The van der Waals surface area contributed by atoms with Crippen LogP contribution >= 0.6 is 0 Å². The van der Waals surface area contributed by atoms with Crippen molar-refractivity contribution in [3.8, 4) is 0 Å². The molecule has 4 heteroatoms. The van der Waals surface area contributed by atoms with Gasteiger partial charge >= 0.3 is 6.09 Å². The zero-order valence-electron chi connectivity index (χ0n) is 10.3. The number of hydrogen-bond acceptors (Lipinski definition) is 3. The Labute approximate surface area is 102 Å². The molecule has 4 nitrogen and oxygen atoms in total. The molecule has 1 unspecified atom stereocenters. The largest absolute Gasteiger partial charge is 0.445 e. The fraction of sp³-hybridized carbons (Fsp3) is 0.462. The number of carbonyl (C=O) groups is 1. The monoisotopic (exact) mass is 237 g/mol. The zero-order chi connectivity index (χ0) is 12.7. The molecule has 0 aliphatic heterocycles. The van der Waals surface area contributed by atoms with E-state index in [-0.39, 0.29) is 6.61 Å². The van der Waals surface area contributed by atoms with Crippen LogP contribution in [-0.4, -0.2) is 35.8 Å². The van der Waals surface area contributed by atoms with Gasteiger partial charge in [-0.1, -0.05) is 37.3 Å². The zero-order valence-corrected chi connectivity index (χ0v) is 10.3. The molecule has 0 aliphatic rings. The standard InChI is InChI=1S/C13H19NO3/c1-3-12(15)9-14(2)13(16)17-10-11-7-5-4-6-8-11/h4-8,12,15H,3,9-10H2,1-2H3. The van der Waals surface area contributed by atoms with E-state index in [9.17, 15) is 9.90 Å². The first kappa shape index (κ1) is 13.5. The van der Waals surface area contributed by atoms with Gasteiger partial charge in [0.05, 0.1) is 6.10 Å². The van der Waals surface area contributed by atoms with Gasteiger partial charge < -0.3 is 14.7 Å². The highest BCUT2D eigenvalue weighted by molar-refractivity contribution is 5.67. The summed E-state index contributed by atoms with van der Waals surface area (Å²) < 4.78 is 5.11. The lowest BCUT2D eigenvalue weighted by atomic mass is 10.2. The minimum Gasteiger partial charge on any atom is -0.445 e. The lowest BCUT2D eigenvalue weighted by Gasteiger charge is -2.19. The molecule has 1 N–H and O–H groups in total. The van der Waals surface area contributed by atoms with Crippen LogP contribution in [-0.2, 0) is 11.3 Å². The third-order valence-electron chi connectivity index (χ3n) is 2.47. The van der Waals surface area contributed by atoms with Gasteiger partial charge in [0.15, 0.2) is 0 Å². The predicted octanol–water partition coefficient (Wildman–Crippen LogP) is 2.03. The summed E-state index contributed by atoms with van der Waals surface area (Å²) in [5.41, 5.74) is 0.949. The van der Waals surface area contributed by atoms with E-state index in [4.69, 9.17) is 4.74 Å². The maximum atomic E-state index is 11.6. The van der Waals surface area contributed by atoms with E-state index in [1.807, 2.05) is 37.3 Å². The molecule has 0 radical (unpaired) electrons. The first-order chi connectivity index (χ1) is 8.13. The number of hydrogen-bond donors (Lipinski definition) is 1. The summed E-state index contributed by atoms with van der Waals surface area (Å²) >= 11 is 0. The number of carbonyl (C=O) groups excluding carboxylic acids is 1. The van der Waals surface area contributed by atoms with Crippen LogP contribution in [0.25, 0.3) is 0 Å². The van der Waals surface area contributed by atoms with Crippen molar-refractivity contribution in [2.45, 2.75) is 26.1 Å². The van der Waals surface area contributed by atoms with Gasteiger partial charge in [0, 0.05) is 13.6 Å². The van der Waals surface area contributed by atoms with Crippen LogP contribution in [0.2, 0.25) is 0 Å². The fourth-order valence-electron chi connectivity index (χ4n) is 1.35. The Morgan fingerprint density at radius 1 is 1.41 bits per heavy atom. The average Bonchev–Trinajstić information content (AvgIpc) is 2.36. The maximum Gasteiger partial charge on any atom is 0.409 e. The Balaban J connectivity index is 2.34. The van der Waals surface area contributed by atoms with Crippen molar-refractivity contribution in [2.24, 2.45) is 0 Å². The van der Waals surface area contributed by atoms with Crippen molar-refractivity contribution in [1.29, 1.82) is 0 Å². The highest BCUT2D eigenvalue weighted by Crippen LogP contribution is 2.03. The summed E-state index contributed by atoms with van der Waals surface area (Å²) in [6, 6.07) is 9.50. The van der Waals surface area contributed by atoms with E-state index in [2.05, 4.69) is 0 Å². The van der Waals surface area contributed by atoms with Crippen molar-refractivity contribution in [3.05, 3.63) is 35.9 Å². The number of aliphatic hydroxyl groups excluding tert-OH is 1. The summed E-state index contributed by atoms with van der Waals surface area (Å²) in [4.78, 5) is 12.9. The second-order valence-corrected chi connectivity index (χ2v) is 3.98. The first-order valence-electron chi connectivity index (χ1n) is 5.73. The van der Waals surface area contributed by atoms with Crippen molar-refractivity contribution >= 4 is 6.09 Å². The lowest BCUT2D eigenvalue weighted by molar-refractivity contribution is 0.0777. The van der Waals surface area contributed by atoms with Gasteiger partial charge in [0.1, 0.15) is 6.61 Å². The molecule has 0 aromatic heterocycles. The lowest BCUT2D eigenvalue weighted by Crippen LogP contribution is -2.34. The Kier molecular flexibility index (Phi) is 5.49. The Morgan fingerprint density at radius 3 is 2.65 bits per heavy atom. The molecular weight excluding hydrogens is 218 g/mol. The molecule has 1 atom stereocenters. The third-order valence-corrected chi connectivity index (χ3v) is 2.47. The van der Waals surface area contributed by atoms with E-state index in [1.54, 1.807) is 7.05 Å². The van der Waals surface area contributed by atoms with E-state index < -0.39 is 12.2 Å². The van der Waals surface area contributed by atoms with Gasteiger partial charge in [-0.15, -0.1) is 0 Å². The summed E-state index contributed by atoms with van der Waals surface area (Å²) in [5.74, 6) is 0. The molecule has 0 saturated carbocycles. The highest BCUT2D eigenvalue weighted by Gasteiger charge is 2.13. The normalized spacial score (nSPS) is 11.9. The highest BCUT2D eigenvalue weighted by atomic mass is 16.6. The number of aliphatic hydroxyl groups is 1. The van der Waals surface area contributed by atoms with Gasteiger partial charge in [-0.25, -0.2) is 4.79 Å². The first-order valence-corrected chi connectivity index (χ1v) is 5.73. The maximum absolute atomic E-state index is 11.6. The van der Waals surface area contributed by atoms with Crippen molar-refractivity contribution in [2.75, 3.05) is 13.6 Å². The number of likely N-dealkylation sites (N-methyl/N-ethyl adjacent to an activating group) is 1. The number of amides is 1. The second-order valence-electron chi connectivity index (χ2n) is 3.98. The summed E-state index contributed by atoms with van der Waals surface area (Å²) in [5, 5.41) is 9.41. The quantitative estimate of drug-likeness (QED) is 0.852. The molecule has 0 saturated heterocycles. The molecule has 0 fully saturated rings. The van der Waals surface area contributed by atoms with Gasteiger partial charge in [-0.2, -0.15) is 0 Å². The molecule has 0 heterocycles. The topological polar surface area (TPSA) is 49.8 Å². The van der Waals surface area contributed by atoms with E-state index in [0.29, 0.717) is 13.0 Å². The van der Waals surface area contributed by atoms with Gasteiger partial charge in [-0.05, 0) is 12.0 Å². The molecule has 1 aromatic rings. The molecule has 1 aromatic carbocycles. The predicted molar refractivity (Wildman–Crippen MR) is 65.6 cm³/mol. The SMILES string of the molecule is CCC(O)CN(C)C(=O)OCc1ccccc1. The Bertz CT molecular complexity index is 340. The van der Waals surface area contributed by atoms with E-state index in [1.165, 1.54) is 4.90 Å². The minimum absolute atomic E-state index is 0.256. The van der Waals surface area contributed by atoms with Gasteiger partial charge in [0.25, 0.3) is 0 Å². The molecule has 1 rings (SSSR count). The molecule has 17 heavy (non-hydrogen) atoms. The third kappa shape index (κ3) is 4.87. The van der Waals surface area contributed by atoms with E-state index >= 15 is 0 Å². The van der Waals surface area contributed by atoms with Crippen LogP contribution in [0.5, 0.6) is 0 Å². The van der Waals surface area contributed by atoms with Crippen LogP contribution < -0.4 is 0 Å². The second kappa shape index (κ2) is 6.91. The van der Waals surface area contributed by atoms with Crippen LogP contribution in [0.3, 0.4) is 0 Å². The average molecular weight is 237 g/mol. The van der Waals surface area contributed by atoms with Crippen molar-refractivity contribution in [3.63, 3.8) is 0 Å². The molecule has 0 spiro atoms. The minimum atomic E-state index is -0.496. The molecule has 94 valence electrons. The summed E-state index contributed by atoms with van der Waals surface area (Å²) in [6.07, 6.45) is -0.290. The molecule has 0 bridgehead atoms. The van der Waals surface area contributed by atoms with Crippen LogP contribution in [0.4, 0.5) is 4.79 Å². The number of benzene rings is 1. The van der Waals surface area contributed by atoms with Gasteiger partial charge in [0.2, 0.25) is 0 Å². The smallest absolute Gasteiger partial charge is 0.409 e. The van der Waals surface area contributed by atoms with Crippen molar-refractivity contribution < 1.29 is 14.6 Å². The fourth-order valence-corrected chi connectivity index (χ4v) is 1.35. The molecule has 1 amide bonds. The number of rotatable bonds is 5. The molecular formula is C13H19NO3. The van der Waals surface area contributed by atoms with Crippen LogP contribution in [0.1, 0.15) is 18.9 Å². The molecule has 0 aliphatic carbocycles. The van der Waals surface area contributed by atoms with Gasteiger partial charge in [-0.3, -0.25) is 0 Å². The summed E-state index contributed by atoms with van der Waals surface area (Å²) in [7, 11) is 1.62. The van der Waals surface area contributed by atoms with E-state index in [0.717, 1.165) is 5.56 Å². The Hall–Kier alpha value is -1.55. The van der Waals surface area contributed by atoms with Crippen LogP contribution in [0, 0.1) is 0 Å². The summed E-state index contributed by atoms with van der Waals surface area (Å²) in [6.45, 7) is 2.42. The Morgan fingerprint density at radius 2 is 2.06 bits per heavy atom.